The smallest absolute Gasteiger partial charge is 0.337 e. The fraction of sp³-hybridized carbons (Fsp3) is 0.947. The second kappa shape index (κ2) is 11.5. The van der Waals surface area contributed by atoms with Gasteiger partial charge in [-0.05, 0) is 6.92 Å². The average Bonchev–Trinajstić information content (AvgIpc) is 2.84. The van der Waals surface area contributed by atoms with E-state index in [2.05, 4.69) is 4.74 Å². The molecule has 0 aromatic rings. The van der Waals surface area contributed by atoms with E-state index in [1.54, 1.807) is 0 Å². The van der Waals surface area contributed by atoms with Gasteiger partial charge in [0.2, 0.25) is 0 Å². The molecule has 0 unspecified atom stereocenters. The summed E-state index contributed by atoms with van der Waals surface area (Å²) < 4.78 is 31.1. The number of aliphatic hydroxyl groups is 9. The molecular weight excluding hydrogens is 484 g/mol. The topological polar surface area (TPSA) is 255 Å². The molecular formula is C19H32O16. The molecule has 3 fully saturated rings. The third-order valence-corrected chi connectivity index (χ3v) is 6.21. The summed E-state index contributed by atoms with van der Waals surface area (Å²) in [6, 6.07) is 0. The molecule has 0 saturated carbocycles. The highest BCUT2D eigenvalue weighted by atomic mass is 16.8. The summed E-state index contributed by atoms with van der Waals surface area (Å²) in [5.41, 5.74) is 0. The van der Waals surface area contributed by atoms with Crippen molar-refractivity contribution in [2.45, 2.75) is 99.0 Å². The molecule has 0 radical (unpaired) electrons. The summed E-state index contributed by atoms with van der Waals surface area (Å²) in [7, 11) is 0.998. The molecule has 3 aliphatic rings. The maximum absolute atomic E-state index is 11.7. The van der Waals surface area contributed by atoms with E-state index in [4.69, 9.17) is 23.7 Å². The lowest BCUT2D eigenvalue weighted by atomic mass is 9.96. The van der Waals surface area contributed by atoms with Crippen LogP contribution in [0.3, 0.4) is 0 Å². The summed E-state index contributed by atoms with van der Waals surface area (Å²) in [6.45, 7) is 0.578. The van der Waals surface area contributed by atoms with Crippen molar-refractivity contribution in [3.8, 4) is 0 Å². The minimum absolute atomic E-state index is 0.797. The summed E-state index contributed by atoms with van der Waals surface area (Å²) in [5, 5.41) is 91.4. The van der Waals surface area contributed by atoms with Crippen LogP contribution in [-0.2, 0) is 33.2 Å². The van der Waals surface area contributed by atoms with E-state index in [-0.39, 0.29) is 0 Å². The van der Waals surface area contributed by atoms with Crippen LogP contribution in [0.25, 0.3) is 0 Å². The fourth-order valence-electron chi connectivity index (χ4n) is 4.06. The van der Waals surface area contributed by atoms with Crippen LogP contribution in [-0.4, -0.2) is 158 Å². The van der Waals surface area contributed by atoms with Gasteiger partial charge in [-0.25, -0.2) is 4.79 Å². The fourth-order valence-corrected chi connectivity index (χ4v) is 4.06. The van der Waals surface area contributed by atoms with Crippen molar-refractivity contribution in [1.82, 2.24) is 0 Å². The van der Waals surface area contributed by atoms with Gasteiger partial charge in [0, 0.05) is 0 Å². The minimum atomic E-state index is -2.02. The molecule has 35 heavy (non-hydrogen) atoms. The normalized spacial score (nSPS) is 51.1. The number of carbonyl (C=O) groups excluding carboxylic acids is 1. The summed E-state index contributed by atoms with van der Waals surface area (Å²) in [4.78, 5) is 11.7. The van der Waals surface area contributed by atoms with Crippen LogP contribution in [0.1, 0.15) is 6.92 Å². The molecule has 16 heteroatoms. The van der Waals surface area contributed by atoms with Crippen LogP contribution < -0.4 is 0 Å². The van der Waals surface area contributed by atoms with Gasteiger partial charge >= 0.3 is 5.97 Å². The Labute approximate surface area is 198 Å². The first kappa shape index (κ1) is 28.5. The van der Waals surface area contributed by atoms with Crippen molar-refractivity contribution >= 4 is 5.97 Å². The van der Waals surface area contributed by atoms with Gasteiger partial charge in [-0.2, -0.15) is 0 Å². The van der Waals surface area contributed by atoms with Gasteiger partial charge in [-0.3, -0.25) is 0 Å². The Hall–Kier alpha value is -1.09. The van der Waals surface area contributed by atoms with Gasteiger partial charge in [0.15, 0.2) is 25.0 Å². The van der Waals surface area contributed by atoms with Crippen LogP contribution in [0.4, 0.5) is 0 Å². The molecule has 0 spiro atoms. The monoisotopic (exact) mass is 516 g/mol. The lowest BCUT2D eigenvalue weighted by molar-refractivity contribution is -0.388. The van der Waals surface area contributed by atoms with Gasteiger partial charge in [0.25, 0.3) is 0 Å². The molecule has 3 aliphatic heterocycles. The second-order valence-electron chi connectivity index (χ2n) is 8.54. The highest BCUT2D eigenvalue weighted by Crippen LogP contribution is 2.32. The number of esters is 1. The Bertz CT molecular complexity index is 710. The minimum Gasteiger partial charge on any atom is -0.467 e. The van der Waals surface area contributed by atoms with Crippen molar-refractivity contribution < 1.29 is 79.2 Å². The zero-order valence-corrected chi connectivity index (χ0v) is 18.8. The Kier molecular flexibility index (Phi) is 9.38. The molecule has 9 N–H and O–H groups in total. The lowest BCUT2D eigenvalue weighted by Crippen LogP contribution is -2.66. The maximum Gasteiger partial charge on any atom is 0.337 e. The number of rotatable bonds is 6. The molecule has 3 saturated heterocycles. The first-order valence-electron chi connectivity index (χ1n) is 10.8. The Morgan fingerprint density at radius 3 is 1.91 bits per heavy atom. The van der Waals surface area contributed by atoms with Gasteiger partial charge < -0.3 is 74.4 Å². The molecule has 0 aromatic carbocycles. The van der Waals surface area contributed by atoms with Crippen LogP contribution in [0.15, 0.2) is 0 Å². The van der Waals surface area contributed by atoms with Crippen LogP contribution in [0, 0.1) is 0 Å². The Morgan fingerprint density at radius 2 is 1.31 bits per heavy atom. The van der Waals surface area contributed by atoms with Crippen molar-refractivity contribution in [3.63, 3.8) is 0 Å². The number of methoxy groups -OCH3 is 1. The second-order valence-corrected chi connectivity index (χ2v) is 8.54. The number of aliphatic hydroxyl groups excluding tert-OH is 9. The molecule has 0 aliphatic carbocycles. The highest BCUT2D eigenvalue weighted by Gasteiger charge is 2.54. The number of hydrogen-bond donors (Lipinski definition) is 9. The molecule has 204 valence electrons. The zero-order chi connectivity index (χ0) is 26.2. The van der Waals surface area contributed by atoms with Gasteiger partial charge in [0.05, 0.1) is 19.8 Å². The van der Waals surface area contributed by atoms with Crippen molar-refractivity contribution in [3.05, 3.63) is 0 Å². The number of ether oxygens (including phenoxy) is 6. The third-order valence-electron chi connectivity index (χ3n) is 6.21. The van der Waals surface area contributed by atoms with Gasteiger partial charge in [0.1, 0.15) is 61.0 Å². The molecule has 15 atom stereocenters. The molecule has 3 heterocycles. The van der Waals surface area contributed by atoms with E-state index in [1.165, 1.54) is 6.92 Å². The average molecular weight is 516 g/mol. The highest BCUT2D eigenvalue weighted by molar-refractivity contribution is 5.75. The van der Waals surface area contributed by atoms with E-state index < -0.39 is 105 Å². The van der Waals surface area contributed by atoms with E-state index in [0.717, 1.165) is 7.11 Å². The molecule has 0 amide bonds. The van der Waals surface area contributed by atoms with E-state index in [9.17, 15) is 50.8 Å². The van der Waals surface area contributed by atoms with Crippen molar-refractivity contribution in [2.75, 3.05) is 13.7 Å². The quantitative estimate of drug-likeness (QED) is 0.149. The standard InChI is InChI=1S/C19H32O16/c1-4-6(21)8(23)12(27)18(31-4)35-15-9(24)7(22)5(3-20)32-19(15)34-14-11(26)10(25)13(16(28)30-2)33-17(14)29/h4-15,17-27,29H,3H2,1-2H3/t4-,5+,6+,7+,8+,9-,10-,11-,12-,13-,14+,15+,17+,18-,19-/m0/s1. The van der Waals surface area contributed by atoms with E-state index in [0.29, 0.717) is 0 Å². The largest absolute Gasteiger partial charge is 0.467 e. The predicted octanol–water partition coefficient (Wildman–Crippen LogP) is -6.36. The third kappa shape index (κ3) is 5.60. The molecule has 3 rings (SSSR count). The van der Waals surface area contributed by atoms with Crippen molar-refractivity contribution in [2.24, 2.45) is 0 Å². The van der Waals surface area contributed by atoms with Crippen LogP contribution in [0.2, 0.25) is 0 Å². The Morgan fingerprint density at radius 1 is 0.714 bits per heavy atom. The van der Waals surface area contributed by atoms with Crippen LogP contribution >= 0.6 is 0 Å². The summed E-state index contributed by atoms with van der Waals surface area (Å²) in [6.07, 6.45) is -25.6. The van der Waals surface area contributed by atoms with Gasteiger partial charge in [-0.15, -0.1) is 0 Å². The van der Waals surface area contributed by atoms with Gasteiger partial charge in [-0.1, -0.05) is 0 Å². The lowest BCUT2D eigenvalue weighted by Gasteiger charge is -2.47. The number of carbonyl (C=O) groups is 1. The number of hydrogen-bond acceptors (Lipinski definition) is 16. The van der Waals surface area contributed by atoms with E-state index >= 15 is 0 Å². The summed E-state index contributed by atoms with van der Waals surface area (Å²) >= 11 is 0. The SMILES string of the molecule is COC(=O)[C@H]1O[C@@H](O)[C@H](O[C@@H]2O[C@H](CO)[C@@H](O)[C@H](O)[C@H]2O[C@@H]2O[C@@H](C)[C@@H](O)[C@@H](O)[C@@H]2O)[C@@H](O)[C@@H]1O. The zero-order valence-electron chi connectivity index (χ0n) is 18.8. The molecule has 0 bridgehead atoms. The molecule has 0 aromatic heterocycles. The molecule has 16 nitrogen and oxygen atoms in total. The van der Waals surface area contributed by atoms with Crippen molar-refractivity contribution in [1.29, 1.82) is 0 Å². The first-order valence-corrected chi connectivity index (χ1v) is 10.8. The Balaban J connectivity index is 1.81. The maximum atomic E-state index is 11.7. The predicted molar refractivity (Wildman–Crippen MR) is 105 cm³/mol. The first-order chi connectivity index (χ1) is 16.4. The van der Waals surface area contributed by atoms with Crippen LogP contribution in [0.5, 0.6) is 0 Å². The summed E-state index contributed by atoms with van der Waals surface area (Å²) in [5.74, 6) is -1.08. The van der Waals surface area contributed by atoms with E-state index in [1.807, 2.05) is 0 Å².